The number of phenols is 1. The number of para-hydroxylation sites is 1. The minimum Gasteiger partial charge on any atom is -0.507 e. The first-order chi connectivity index (χ1) is 10.0. The monoisotopic (exact) mass is 304 g/mol. The highest BCUT2D eigenvalue weighted by atomic mass is 35.5. The number of benzene rings is 2. The SMILES string of the molecule is CNC(=O)c1cc(NCc2cccc(C)c2O)ccc1Cl. The molecule has 0 aromatic heterocycles. The maximum Gasteiger partial charge on any atom is 0.252 e. The van der Waals surface area contributed by atoms with Crippen molar-refractivity contribution in [3.8, 4) is 5.75 Å². The summed E-state index contributed by atoms with van der Waals surface area (Å²) in [7, 11) is 1.56. The first-order valence-corrected chi connectivity index (χ1v) is 6.93. The minimum absolute atomic E-state index is 0.234. The van der Waals surface area contributed by atoms with Gasteiger partial charge in [-0.15, -0.1) is 0 Å². The van der Waals surface area contributed by atoms with Crippen LogP contribution in [0, 0.1) is 6.92 Å². The predicted octanol–water partition coefficient (Wildman–Crippen LogP) is 3.33. The third-order valence-corrected chi connectivity index (χ3v) is 3.57. The maximum atomic E-state index is 11.7. The first-order valence-electron chi connectivity index (χ1n) is 6.56. The topological polar surface area (TPSA) is 61.4 Å². The van der Waals surface area contributed by atoms with E-state index in [-0.39, 0.29) is 11.7 Å². The molecule has 0 aliphatic heterocycles. The highest BCUT2D eigenvalue weighted by molar-refractivity contribution is 6.34. The van der Waals surface area contributed by atoms with Crippen LogP contribution >= 0.6 is 11.6 Å². The number of amides is 1. The molecule has 0 spiro atoms. The number of hydrogen-bond acceptors (Lipinski definition) is 3. The maximum absolute atomic E-state index is 11.7. The van der Waals surface area contributed by atoms with E-state index < -0.39 is 0 Å². The Bertz CT molecular complexity index is 671. The second-order valence-corrected chi connectivity index (χ2v) is 5.12. The summed E-state index contributed by atoms with van der Waals surface area (Å²) < 4.78 is 0. The molecule has 0 heterocycles. The molecule has 0 atom stereocenters. The van der Waals surface area contributed by atoms with Gasteiger partial charge in [0.1, 0.15) is 5.75 Å². The van der Waals surface area contributed by atoms with E-state index in [0.29, 0.717) is 17.1 Å². The molecule has 110 valence electrons. The van der Waals surface area contributed by atoms with Crippen molar-refractivity contribution in [2.75, 3.05) is 12.4 Å². The molecule has 0 unspecified atom stereocenters. The molecule has 0 aliphatic rings. The molecule has 3 N–H and O–H groups in total. The molecule has 0 saturated heterocycles. The van der Waals surface area contributed by atoms with Crippen LogP contribution in [0.2, 0.25) is 5.02 Å². The molecule has 0 fully saturated rings. The molecule has 0 saturated carbocycles. The van der Waals surface area contributed by atoms with Crippen LogP contribution in [0.4, 0.5) is 5.69 Å². The van der Waals surface area contributed by atoms with Crippen LogP contribution in [0.15, 0.2) is 36.4 Å². The quantitative estimate of drug-likeness (QED) is 0.812. The number of aromatic hydroxyl groups is 1. The number of aryl methyl sites for hydroxylation is 1. The molecular weight excluding hydrogens is 288 g/mol. The van der Waals surface area contributed by atoms with E-state index in [2.05, 4.69) is 10.6 Å². The van der Waals surface area contributed by atoms with Gasteiger partial charge in [-0.25, -0.2) is 0 Å². The second-order valence-electron chi connectivity index (χ2n) is 4.71. The number of rotatable bonds is 4. The van der Waals surface area contributed by atoms with E-state index in [4.69, 9.17) is 11.6 Å². The van der Waals surface area contributed by atoms with Crippen molar-refractivity contribution in [3.05, 3.63) is 58.1 Å². The third-order valence-electron chi connectivity index (χ3n) is 3.24. The fourth-order valence-corrected chi connectivity index (χ4v) is 2.21. The lowest BCUT2D eigenvalue weighted by molar-refractivity contribution is 0.0963. The van der Waals surface area contributed by atoms with E-state index in [1.807, 2.05) is 25.1 Å². The average molecular weight is 305 g/mol. The smallest absolute Gasteiger partial charge is 0.252 e. The van der Waals surface area contributed by atoms with Crippen LogP contribution in [-0.4, -0.2) is 18.1 Å². The molecule has 2 rings (SSSR count). The summed E-state index contributed by atoms with van der Waals surface area (Å²) in [6.07, 6.45) is 0. The number of nitrogens with one attached hydrogen (secondary N) is 2. The highest BCUT2D eigenvalue weighted by Crippen LogP contribution is 2.24. The van der Waals surface area contributed by atoms with Crippen molar-refractivity contribution >= 4 is 23.2 Å². The van der Waals surface area contributed by atoms with Crippen molar-refractivity contribution in [2.45, 2.75) is 13.5 Å². The number of anilines is 1. The average Bonchev–Trinajstić information content (AvgIpc) is 2.49. The summed E-state index contributed by atoms with van der Waals surface area (Å²) in [5.74, 6) is 0.0486. The Hall–Kier alpha value is -2.20. The molecular formula is C16H17ClN2O2. The molecule has 0 aliphatic carbocycles. The summed E-state index contributed by atoms with van der Waals surface area (Å²) in [5.41, 5.74) is 2.81. The van der Waals surface area contributed by atoms with Crippen LogP contribution in [0.5, 0.6) is 5.75 Å². The second kappa shape index (κ2) is 6.50. The molecule has 4 nitrogen and oxygen atoms in total. The Kier molecular flexibility index (Phi) is 4.70. The van der Waals surface area contributed by atoms with Crippen LogP contribution in [0.25, 0.3) is 0 Å². The zero-order valence-electron chi connectivity index (χ0n) is 11.9. The zero-order chi connectivity index (χ0) is 15.4. The van der Waals surface area contributed by atoms with Crippen molar-refractivity contribution < 1.29 is 9.90 Å². The minimum atomic E-state index is -0.234. The van der Waals surface area contributed by atoms with Crippen molar-refractivity contribution in [2.24, 2.45) is 0 Å². The van der Waals surface area contributed by atoms with Gasteiger partial charge in [-0.05, 0) is 30.7 Å². The van der Waals surface area contributed by atoms with Gasteiger partial charge in [0, 0.05) is 24.8 Å². The normalized spacial score (nSPS) is 10.2. The fourth-order valence-electron chi connectivity index (χ4n) is 2.00. The standard InChI is InChI=1S/C16H17ClN2O2/c1-10-4-3-5-11(15(10)20)9-19-12-6-7-14(17)13(8-12)16(21)18-2/h3-8,19-20H,9H2,1-2H3,(H,18,21). The van der Waals surface area contributed by atoms with E-state index in [1.165, 1.54) is 0 Å². The van der Waals surface area contributed by atoms with Gasteiger partial charge in [-0.2, -0.15) is 0 Å². The van der Waals surface area contributed by atoms with Crippen molar-refractivity contribution in [1.82, 2.24) is 5.32 Å². The Labute approximate surface area is 128 Å². The lowest BCUT2D eigenvalue weighted by Crippen LogP contribution is -2.18. The highest BCUT2D eigenvalue weighted by Gasteiger charge is 2.10. The van der Waals surface area contributed by atoms with E-state index in [9.17, 15) is 9.90 Å². The van der Waals surface area contributed by atoms with Crippen molar-refractivity contribution in [3.63, 3.8) is 0 Å². The molecule has 21 heavy (non-hydrogen) atoms. The van der Waals surface area contributed by atoms with Gasteiger partial charge in [0.15, 0.2) is 0 Å². The Morgan fingerprint density at radius 2 is 2.05 bits per heavy atom. The molecule has 2 aromatic rings. The lowest BCUT2D eigenvalue weighted by atomic mass is 10.1. The zero-order valence-corrected chi connectivity index (χ0v) is 12.7. The van der Waals surface area contributed by atoms with Gasteiger partial charge in [0.25, 0.3) is 5.91 Å². The number of halogens is 1. The molecule has 5 heteroatoms. The summed E-state index contributed by atoms with van der Waals surface area (Å²) in [4.78, 5) is 11.7. The van der Waals surface area contributed by atoms with Gasteiger partial charge in [0.2, 0.25) is 0 Å². The molecule has 1 amide bonds. The molecule has 0 radical (unpaired) electrons. The number of carbonyl (C=O) groups excluding carboxylic acids is 1. The van der Waals surface area contributed by atoms with Crippen LogP contribution in [0.3, 0.4) is 0 Å². The van der Waals surface area contributed by atoms with Crippen LogP contribution in [-0.2, 0) is 6.54 Å². The Morgan fingerprint density at radius 3 is 2.76 bits per heavy atom. The van der Waals surface area contributed by atoms with Gasteiger partial charge in [-0.1, -0.05) is 29.8 Å². The largest absolute Gasteiger partial charge is 0.507 e. The lowest BCUT2D eigenvalue weighted by Gasteiger charge is -2.11. The fraction of sp³-hybridized carbons (Fsp3) is 0.188. The first kappa shape index (κ1) is 15.2. The summed E-state index contributed by atoms with van der Waals surface area (Å²) in [6.45, 7) is 2.31. The Balaban J connectivity index is 2.17. The summed E-state index contributed by atoms with van der Waals surface area (Å²) >= 11 is 6.00. The molecule has 0 bridgehead atoms. The number of phenolic OH excluding ortho intramolecular Hbond substituents is 1. The summed E-state index contributed by atoms with van der Waals surface area (Å²) in [5, 5.41) is 16.1. The van der Waals surface area contributed by atoms with Crippen molar-refractivity contribution in [1.29, 1.82) is 0 Å². The third kappa shape index (κ3) is 3.47. The van der Waals surface area contributed by atoms with E-state index in [1.54, 1.807) is 25.2 Å². The predicted molar refractivity (Wildman–Crippen MR) is 85.0 cm³/mol. The van der Waals surface area contributed by atoms with Crippen LogP contribution < -0.4 is 10.6 Å². The number of carbonyl (C=O) groups is 1. The summed E-state index contributed by atoms with van der Waals surface area (Å²) in [6, 6.07) is 10.7. The van der Waals surface area contributed by atoms with Gasteiger partial charge in [0.05, 0.1) is 10.6 Å². The molecule has 2 aromatic carbocycles. The van der Waals surface area contributed by atoms with Gasteiger partial charge in [-0.3, -0.25) is 4.79 Å². The van der Waals surface area contributed by atoms with E-state index >= 15 is 0 Å². The Morgan fingerprint density at radius 1 is 1.29 bits per heavy atom. The van der Waals surface area contributed by atoms with E-state index in [0.717, 1.165) is 16.8 Å². The number of hydrogen-bond donors (Lipinski definition) is 3. The van der Waals surface area contributed by atoms with Crippen LogP contribution in [0.1, 0.15) is 21.5 Å². The van der Waals surface area contributed by atoms with Gasteiger partial charge >= 0.3 is 0 Å². The van der Waals surface area contributed by atoms with Gasteiger partial charge < -0.3 is 15.7 Å².